The lowest BCUT2D eigenvalue weighted by molar-refractivity contribution is 0.00578. The van der Waals surface area contributed by atoms with Gasteiger partial charge in [0.05, 0.1) is 23.9 Å². The highest BCUT2D eigenvalue weighted by Crippen LogP contribution is 2.36. The van der Waals surface area contributed by atoms with Crippen LogP contribution in [0.2, 0.25) is 0 Å². The molecule has 9 heteroatoms. The van der Waals surface area contributed by atoms with Crippen LogP contribution in [0.15, 0.2) is 47.0 Å². The fourth-order valence-electron chi connectivity index (χ4n) is 3.42. The van der Waals surface area contributed by atoms with Crippen LogP contribution in [0.4, 0.5) is 5.69 Å². The Morgan fingerprint density at radius 2 is 1.69 bits per heavy atom. The van der Waals surface area contributed by atoms with Crippen molar-refractivity contribution < 1.29 is 23.4 Å². The van der Waals surface area contributed by atoms with E-state index in [1.807, 2.05) is 58.0 Å². The number of carbonyl (C=O) groups is 1. The Kier molecular flexibility index (Phi) is 5.56. The van der Waals surface area contributed by atoms with Crippen LogP contribution in [0.25, 0.3) is 11.3 Å². The number of ether oxygens (including phenoxy) is 1. The monoisotopic (exact) mass is 435 g/mol. The molecule has 0 unspecified atom stereocenters. The summed E-state index contributed by atoms with van der Waals surface area (Å²) in [7, 11) is 0.857. The zero-order chi connectivity index (χ0) is 23.1. The van der Waals surface area contributed by atoms with Gasteiger partial charge >= 0.3 is 7.12 Å². The van der Waals surface area contributed by atoms with E-state index >= 15 is 0 Å². The topological polar surface area (TPSA) is 95.7 Å². The third kappa shape index (κ3) is 3.89. The molecule has 32 heavy (non-hydrogen) atoms. The third-order valence-electron chi connectivity index (χ3n) is 5.96. The van der Waals surface area contributed by atoms with Crippen molar-refractivity contribution in [2.45, 2.75) is 45.8 Å². The maximum atomic E-state index is 13.1. The molecule has 3 aromatic rings. The van der Waals surface area contributed by atoms with E-state index in [0.717, 1.165) is 5.56 Å². The van der Waals surface area contributed by atoms with Gasteiger partial charge in [-0.1, -0.05) is 35.5 Å². The van der Waals surface area contributed by atoms with Crippen molar-refractivity contribution in [2.75, 3.05) is 12.4 Å². The summed E-state index contributed by atoms with van der Waals surface area (Å²) in [5, 5.41) is 6.93. The number of nitrogens with zero attached hydrogens (tertiary/aromatic N) is 2. The lowest BCUT2D eigenvalue weighted by Crippen LogP contribution is -2.41. The summed E-state index contributed by atoms with van der Waals surface area (Å²) >= 11 is 0. The van der Waals surface area contributed by atoms with Crippen LogP contribution >= 0.6 is 0 Å². The van der Waals surface area contributed by atoms with E-state index in [1.165, 1.54) is 7.11 Å². The molecule has 0 atom stereocenters. The molecule has 0 radical (unpaired) electrons. The number of aromatic nitrogens is 2. The van der Waals surface area contributed by atoms with Crippen LogP contribution in [0.5, 0.6) is 5.88 Å². The molecule has 1 N–H and O–H groups in total. The minimum absolute atomic E-state index is 0.251. The van der Waals surface area contributed by atoms with E-state index in [4.69, 9.17) is 18.6 Å². The SMILES string of the molecule is COc1nc(B2OC(C)(C)C(C)(C)O2)ccc1NC(=O)c1c(-c2ccccc2)noc1C. The van der Waals surface area contributed by atoms with Gasteiger partial charge in [0.1, 0.15) is 22.7 Å². The predicted octanol–water partition coefficient (Wildman–Crippen LogP) is 3.61. The summed E-state index contributed by atoms with van der Waals surface area (Å²) in [6, 6.07) is 12.9. The molecule has 1 saturated heterocycles. The zero-order valence-corrected chi connectivity index (χ0v) is 19.1. The zero-order valence-electron chi connectivity index (χ0n) is 19.1. The number of pyridine rings is 1. The molecule has 0 bridgehead atoms. The van der Waals surface area contributed by atoms with E-state index in [9.17, 15) is 4.79 Å². The van der Waals surface area contributed by atoms with Crippen molar-refractivity contribution in [1.82, 2.24) is 10.1 Å². The lowest BCUT2D eigenvalue weighted by atomic mass is 9.84. The van der Waals surface area contributed by atoms with Crippen LogP contribution in [0, 0.1) is 6.92 Å². The molecule has 1 amide bonds. The molecule has 0 saturated carbocycles. The summed E-state index contributed by atoms with van der Waals surface area (Å²) in [6.07, 6.45) is 0. The van der Waals surface area contributed by atoms with Crippen molar-refractivity contribution in [3.8, 4) is 17.1 Å². The lowest BCUT2D eigenvalue weighted by Gasteiger charge is -2.32. The molecular formula is C23H26BN3O5. The second-order valence-corrected chi connectivity index (χ2v) is 8.66. The highest BCUT2D eigenvalue weighted by molar-refractivity contribution is 6.61. The van der Waals surface area contributed by atoms with Crippen molar-refractivity contribution >= 4 is 24.3 Å². The second kappa shape index (κ2) is 8.07. The largest absolute Gasteiger partial charge is 0.514 e. The standard InChI is InChI=1S/C23H26BN3O5/c1-14-18(19(27-30-14)15-10-8-7-9-11-15)20(28)25-16-12-13-17(26-21(16)29-6)24-31-22(2,3)23(4,5)32-24/h7-13H,1-6H3,(H,25,28). The number of carbonyl (C=O) groups excluding carboxylic acids is 1. The Morgan fingerprint density at radius 3 is 2.31 bits per heavy atom. The van der Waals surface area contributed by atoms with Gasteiger partial charge in [0.15, 0.2) is 0 Å². The molecule has 3 heterocycles. The Hall–Kier alpha value is -3.17. The molecule has 0 aliphatic carbocycles. The molecule has 8 nitrogen and oxygen atoms in total. The molecule has 1 aliphatic rings. The van der Waals surface area contributed by atoms with E-state index in [1.54, 1.807) is 19.1 Å². The Labute approximate surface area is 187 Å². The molecule has 1 aliphatic heterocycles. The van der Waals surface area contributed by atoms with Crippen LogP contribution in [0.3, 0.4) is 0 Å². The number of hydrogen-bond acceptors (Lipinski definition) is 7. The van der Waals surface area contributed by atoms with Crippen LogP contribution in [-0.4, -0.2) is 41.5 Å². The molecule has 2 aromatic heterocycles. The highest BCUT2D eigenvalue weighted by atomic mass is 16.7. The summed E-state index contributed by atoms with van der Waals surface area (Å²) in [5.41, 5.74) is 1.62. The summed E-state index contributed by atoms with van der Waals surface area (Å²) in [6.45, 7) is 9.61. The molecule has 166 valence electrons. The van der Waals surface area contributed by atoms with Crippen molar-refractivity contribution in [1.29, 1.82) is 0 Å². The van der Waals surface area contributed by atoms with Crippen LogP contribution in [-0.2, 0) is 9.31 Å². The average molecular weight is 435 g/mol. The first-order chi connectivity index (χ1) is 15.1. The number of amides is 1. The maximum absolute atomic E-state index is 13.1. The van der Waals surface area contributed by atoms with Gasteiger partial charge in [0, 0.05) is 5.56 Å². The van der Waals surface area contributed by atoms with Crippen molar-refractivity contribution in [3.63, 3.8) is 0 Å². The Bertz CT molecular complexity index is 1130. The first-order valence-electron chi connectivity index (χ1n) is 10.4. The van der Waals surface area contributed by atoms with Gasteiger partial charge in [0.25, 0.3) is 5.91 Å². The van der Waals surface area contributed by atoms with Gasteiger partial charge < -0.3 is 23.9 Å². The first kappa shape index (κ1) is 22.0. The summed E-state index contributed by atoms with van der Waals surface area (Å²) in [5.74, 6) is 0.300. The number of anilines is 1. The third-order valence-corrected chi connectivity index (χ3v) is 5.96. The van der Waals surface area contributed by atoms with Gasteiger partial charge in [-0.3, -0.25) is 4.79 Å². The number of methoxy groups -OCH3 is 1. The number of rotatable bonds is 5. The maximum Gasteiger partial charge on any atom is 0.514 e. The Morgan fingerprint density at radius 1 is 1.03 bits per heavy atom. The number of aryl methyl sites for hydroxylation is 1. The van der Waals surface area contributed by atoms with E-state index in [0.29, 0.717) is 28.3 Å². The minimum Gasteiger partial charge on any atom is -0.480 e. The van der Waals surface area contributed by atoms with Crippen molar-refractivity contribution in [2.24, 2.45) is 0 Å². The van der Waals surface area contributed by atoms with Gasteiger partial charge in [-0.2, -0.15) is 0 Å². The summed E-state index contributed by atoms with van der Waals surface area (Å²) in [4.78, 5) is 17.6. The van der Waals surface area contributed by atoms with E-state index in [2.05, 4.69) is 15.5 Å². The smallest absolute Gasteiger partial charge is 0.480 e. The number of nitrogens with one attached hydrogen (secondary N) is 1. The highest BCUT2D eigenvalue weighted by Gasteiger charge is 2.52. The first-order valence-corrected chi connectivity index (χ1v) is 10.4. The normalized spacial score (nSPS) is 16.8. The van der Waals surface area contributed by atoms with Gasteiger partial charge in [-0.05, 0) is 46.8 Å². The van der Waals surface area contributed by atoms with Gasteiger partial charge in [-0.25, -0.2) is 4.98 Å². The van der Waals surface area contributed by atoms with Gasteiger partial charge in [0.2, 0.25) is 5.88 Å². The molecule has 4 rings (SSSR count). The second-order valence-electron chi connectivity index (χ2n) is 8.66. The van der Waals surface area contributed by atoms with Crippen molar-refractivity contribution in [3.05, 3.63) is 53.8 Å². The van der Waals surface area contributed by atoms with Crippen LogP contribution < -0.4 is 15.6 Å². The van der Waals surface area contributed by atoms with E-state index < -0.39 is 18.3 Å². The molecule has 1 aromatic carbocycles. The van der Waals surface area contributed by atoms with Gasteiger partial charge in [-0.15, -0.1) is 0 Å². The number of hydrogen-bond donors (Lipinski definition) is 1. The number of benzene rings is 1. The predicted molar refractivity (Wildman–Crippen MR) is 121 cm³/mol. The fourth-order valence-corrected chi connectivity index (χ4v) is 3.42. The average Bonchev–Trinajstić information content (AvgIpc) is 3.24. The van der Waals surface area contributed by atoms with E-state index in [-0.39, 0.29) is 11.8 Å². The molecule has 0 spiro atoms. The Balaban J connectivity index is 1.60. The summed E-state index contributed by atoms with van der Waals surface area (Å²) < 4.78 is 22.9. The fraction of sp³-hybridized carbons (Fsp3) is 0.348. The molecular weight excluding hydrogens is 409 g/mol. The quantitative estimate of drug-likeness (QED) is 0.612. The van der Waals surface area contributed by atoms with Crippen LogP contribution in [0.1, 0.15) is 43.8 Å². The minimum atomic E-state index is -0.636. The molecule has 1 fully saturated rings.